The quantitative estimate of drug-likeness (QED) is 0.116. The lowest BCUT2D eigenvalue weighted by Crippen LogP contribution is -2.25. The lowest BCUT2D eigenvalue weighted by atomic mass is 9.78. The molecule has 4 aromatic carbocycles. The summed E-state index contributed by atoms with van der Waals surface area (Å²) < 4.78 is 108. The zero-order valence-corrected chi connectivity index (χ0v) is 26.4. The molecule has 0 spiro atoms. The average Bonchev–Trinajstić information content (AvgIpc) is 3.02. The van der Waals surface area contributed by atoms with E-state index >= 15 is 13.2 Å². The van der Waals surface area contributed by atoms with Crippen LogP contribution in [-0.4, -0.2) is 0 Å². The number of alkyl halides is 2. The van der Waals surface area contributed by atoms with E-state index in [1.165, 1.54) is 17.7 Å². The predicted octanol–water partition coefficient (Wildman–Crippen LogP) is 12.4. The fourth-order valence-electron chi connectivity index (χ4n) is 6.31. The van der Waals surface area contributed by atoms with Crippen molar-refractivity contribution in [3.63, 3.8) is 0 Å². The Bertz CT molecular complexity index is 1670. The van der Waals surface area contributed by atoms with Crippen LogP contribution >= 0.6 is 0 Å². The van der Waals surface area contributed by atoms with Gasteiger partial charge in [0.25, 0.3) is 0 Å². The summed E-state index contributed by atoms with van der Waals surface area (Å²) in [6.07, 6.45) is 7.22. The predicted molar refractivity (Wildman–Crippen MR) is 171 cm³/mol. The Balaban J connectivity index is 1.30. The van der Waals surface area contributed by atoms with Gasteiger partial charge < -0.3 is 4.74 Å². The van der Waals surface area contributed by atoms with Crippen LogP contribution in [0.5, 0.6) is 5.75 Å². The summed E-state index contributed by atoms with van der Waals surface area (Å²) in [5.74, 6) is -6.28. The molecule has 1 saturated carbocycles. The minimum Gasteiger partial charge on any atom is -0.429 e. The molecule has 0 aliphatic heterocycles. The highest BCUT2D eigenvalue weighted by Gasteiger charge is 2.41. The second-order valence-corrected chi connectivity index (χ2v) is 12.2. The van der Waals surface area contributed by atoms with Crippen molar-refractivity contribution in [2.75, 3.05) is 0 Å². The third kappa shape index (κ3) is 7.91. The Morgan fingerprint density at radius 1 is 0.681 bits per heavy atom. The monoisotopic (exact) mass is 654 g/mol. The third-order valence-corrected chi connectivity index (χ3v) is 8.82. The number of allylic oxidation sites excluding steroid dienone is 2. The molecule has 0 unspecified atom stereocenters. The Morgan fingerprint density at radius 3 is 1.85 bits per heavy atom. The van der Waals surface area contributed by atoms with E-state index in [0.717, 1.165) is 44.1 Å². The van der Waals surface area contributed by atoms with Gasteiger partial charge in [0.1, 0.15) is 40.4 Å². The molecule has 0 saturated heterocycles. The van der Waals surface area contributed by atoms with Crippen molar-refractivity contribution in [2.45, 2.75) is 77.2 Å². The SMILES string of the molecule is CCC/C=C/C1CCC(c2ccc(-c3ccc(-c4cc(F)c(C(F)(F)Oc5cc(F)c(CCC)c(F)c5)c(F)c4)c(F)c3)cc2)CC1. The third-order valence-electron chi connectivity index (χ3n) is 8.82. The van der Waals surface area contributed by atoms with Crippen LogP contribution in [0.1, 0.15) is 81.4 Å². The fourth-order valence-corrected chi connectivity index (χ4v) is 6.31. The van der Waals surface area contributed by atoms with Gasteiger partial charge in [-0.15, -0.1) is 0 Å². The summed E-state index contributed by atoms with van der Waals surface area (Å²) in [7, 11) is 0. The first kappa shape index (κ1) is 34.3. The Labute approximate surface area is 271 Å². The minimum absolute atomic E-state index is 0.0291. The summed E-state index contributed by atoms with van der Waals surface area (Å²) in [4.78, 5) is 0. The summed E-state index contributed by atoms with van der Waals surface area (Å²) in [6.45, 7) is 3.86. The van der Waals surface area contributed by atoms with E-state index in [1.807, 2.05) is 24.3 Å². The second-order valence-electron chi connectivity index (χ2n) is 12.2. The van der Waals surface area contributed by atoms with E-state index in [4.69, 9.17) is 0 Å². The highest BCUT2D eigenvalue weighted by Crippen LogP contribution is 2.40. The van der Waals surface area contributed by atoms with Gasteiger partial charge in [-0.2, -0.15) is 8.78 Å². The molecule has 8 heteroatoms. The van der Waals surface area contributed by atoms with E-state index in [1.54, 1.807) is 13.0 Å². The molecule has 0 amide bonds. The number of hydrogen-bond donors (Lipinski definition) is 0. The van der Waals surface area contributed by atoms with Gasteiger partial charge in [0, 0.05) is 23.3 Å². The molecule has 0 bridgehead atoms. The van der Waals surface area contributed by atoms with Crippen LogP contribution in [0, 0.1) is 35.0 Å². The normalized spacial score (nSPS) is 17.0. The summed E-state index contributed by atoms with van der Waals surface area (Å²) in [6, 6.07) is 14.3. The number of rotatable bonds is 11. The van der Waals surface area contributed by atoms with E-state index < -0.39 is 46.5 Å². The van der Waals surface area contributed by atoms with Crippen molar-refractivity contribution in [1.82, 2.24) is 0 Å². The van der Waals surface area contributed by atoms with Gasteiger partial charge >= 0.3 is 6.11 Å². The molecule has 0 radical (unpaired) electrons. The Hall–Kier alpha value is -4.07. The maximum atomic E-state index is 15.3. The van der Waals surface area contributed by atoms with Crippen molar-refractivity contribution < 1.29 is 35.5 Å². The minimum atomic E-state index is -4.63. The molecule has 0 heterocycles. The number of hydrogen-bond acceptors (Lipinski definition) is 1. The lowest BCUT2D eigenvalue weighted by Gasteiger charge is -2.27. The molecular formula is C39H37F7O. The molecule has 248 valence electrons. The topological polar surface area (TPSA) is 9.23 Å². The number of ether oxygens (including phenoxy) is 1. The molecule has 47 heavy (non-hydrogen) atoms. The first-order chi connectivity index (χ1) is 22.5. The Kier molecular flexibility index (Phi) is 10.8. The van der Waals surface area contributed by atoms with E-state index in [2.05, 4.69) is 23.8 Å². The van der Waals surface area contributed by atoms with Gasteiger partial charge in [-0.1, -0.05) is 75.2 Å². The van der Waals surface area contributed by atoms with E-state index in [9.17, 15) is 17.6 Å². The van der Waals surface area contributed by atoms with Crippen molar-refractivity contribution in [2.24, 2.45) is 5.92 Å². The van der Waals surface area contributed by atoms with Crippen LogP contribution in [0.15, 0.2) is 78.9 Å². The maximum Gasteiger partial charge on any atom is 0.432 e. The first-order valence-electron chi connectivity index (χ1n) is 16.1. The van der Waals surface area contributed by atoms with E-state index in [0.29, 0.717) is 48.1 Å². The standard InChI is InChI=1S/C39H37F7O/c1-3-5-6-8-24-9-11-25(12-10-24)26-13-15-27(16-14-26)28-17-18-31(33(40)19-28)29-20-36(43)38(37(44)21-29)39(45,46)47-30-22-34(41)32(7-4-2)35(42)23-30/h6,8,13-25H,3-5,7,9-12H2,1-2H3/b8-6+. The zero-order chi connectivity index (χ0) is 33.7. The molecule has 1 fully saturated rings. The summed E-state index contributed by atoms with van der Waals surface area (Å²) in [5.41, 5.74) is -0.0337. The molecule has 4 aromatic rings. The first-order valence-corrected chi connectivity index (χ1v) is 16.1. The maximum absolute atomic E-state index is 15.3. The number of halogens is 7. The van der Waals surface area contributed by atoms with Gasteiger partial charge in [-0.05, 0) is 90.8 Å². The van der Waals surface area contributed by atoms with Crippen molar-refractivity contribution >= 4 is 0 Å². The number of unbranched alkanes of at least 4 members (excludes halogenated alkanes) is 1. The van der Waals surface area contributed by atoms with Crippen molar-refractivity contribution in [3.8, 4) is 28.0 Å². The van der Waals surface area contributed by atoms with Gasteiger partial charge in [-0.3, -0.25) is 0 Å². The van der Waals surface area contributed by atoms with Crippen LogP contribution in [-0.2, 0) is 12.5 Å². The smallest absolute Gasteiger partial charge is 0.429 e. The molecule has 0 N–H and O–H groups in total. The highest BCUT2D eigenvalue weighted by atomic mass is 19.3. The summed E-state index contributed by atoms with van der Waals surface area (Å²) in [5, 5.41) is 0. The molecular weight excluding hydrogens is 617 g/mol. The van der Waals surface area contributed by atoms with Crippen LogP contribution in [0.2, 0.25) is 0 Å². The fraction of sp³-hybridized carbons (Fsp3) is 0.333. The average molecular weight is 655 g/mol. The molecule has 0 aromatic heterocycles. The van der Waals surface area contributed by atoms with Gasteiger partial charge in [-0.25, -0.2) is 22.0 Å². The molecule has 1 nitrogen and oxygen atoms in total. The molecule has 5 rings (SSSR count). The van der Waals surface area contributed by atoms with Gasteiger partial charge in [0.2, 0.25) is 0 Å². The highest BCUT2D eigenvalue weighted by molar-refractivity contribution is 5.71. The lowest BCUT2D eigenvalue weighted by molar-refractivity contribution is -0.189. The van der Waals surface area contributed by atoms with Crippen molar-refractivity contribution in [3.05, 3.63) is 125 Å². The van der Waals surface area contributed by atoms with Gasteiger partial charge in [0.15, 0.2) is 0 Å². The summed E-state index contributed by atoms with van der Waals surface area (Å²) >= 11 is 0. The molecule has 1 aliphatic rings. The molecule has 1 aliphatic carbocycles. The van der Waals surface area contributed by atoms with Crippen molar-refractivity contribution in [1.29, 1.82) is 0 Å². The van der Waals surface area contributed by atoms with Gasteiger partial charge in [0.05, 0.1) is 0 Å². The van der Waals surface area contributed by atoms with Crippen LogP contribution < -0.4 is 4.74 Å². The number of benzene rings is 4. The Morgan fingerprint density at radius 2 is 1.28 bits per heavy atom. The van der Waals surface area contributed by atoms with Crippen LogP contribution in [0.25, 0.3) is 22.3 Å². The second kappa shape index (κ2) is 14.8. The zero-order valence-electron chi connectivity index (χ0n) is 26.4. The largest absolute Gasteiger partial charge is 0.432 e. The van der Waals surface area contributed by atoms with Crippen LogP contribution in [0.4, 0.5) is 30.7 Å². The van der Waals surface area contributed by atoms with Crippen LogP contribution in [0.3, 0.4) is 0 Å². The molecule has 0 atom stereocenters. The van der Waals surface area contributed by atoms with E-state index in [-0.39, 0.29) is 23.1 Å².